The number of hydrogen-bond acceptors (Lipinski definition) is 4. The summed E-state index contributed by atoms with van der Waals surface area (Å²) in [6.45, 7) is 3.82. The van der Waals surface area contributed by atoms with Crippen LogP contribution in [0.3, 0.4) is 0 Å². The number of nitrogens with two attached hydrogens (primary N) is 1. The highest BCUT2D eigenvalue weighted by molar-refractivity contribution is 6.04. The van der Waals surface area contributed by atoms with Gasteiger partial charge in [0.25, 0.3) is 5.91 Å². The van der Waals surface area contributed by atoms with Gasteiger partial charge in [0.1, 0.15) is 5.69 Å². The van der Waals surface area contributed by atoms with E-state index in [2.05, 4.69) is 34.7 Å². The average Bonchev–Trinajstić information content (AvgIpc) is 2.86. The molecule has 4 N–H and O–H groups in total. The van der Waals surface area contributed by atoms with Crippen LogP contribution in [-0.2, 0) is 13.0 Å². The minimum Gasteiger partial charge on any atom is -0.397 e. The Labute approximate surface area is 201 Å². The molecule has 34 heavy (non-hydrogen) atoms. The molecule has 1 heterocycles. The van der Waals surface area contributed by atoms with E-state index < -0.39 is 0 Å². The molecule has 0 aliphatic carbocycles. The molecule has 0 bridgehead atoms. The van der Waals surface area contributed by atoms with E-state index >= 15 is 0 Å². The van der Waals surface area contributed by atoms with Crippen molar-refractivity contribution in [2.75, 3.05) is 24.1 Å². The standard InChI is InChI=1S/C27H33N5O2/c1-2-3-9-18-32(27(34)29-17-16-21-10-5-4-6-11-21)20-22-14-15-25(30-19-22)26(33)31-24-13-8-7-12-23(24)28/h4-8,10-15,19H,2-3,9,16-18,20,28H2,1H3,(H,29,34)(H,31,33). The molecule has 0 saturated carbocycles. The molecule has 3 rings (SSSR count). The highest BCUT2D eigenvalue weighted by atomic mass is 16.2. The number of aromatic nitrogens is 1. The summed E-state index contributed by atoms with van der Waals surface area (Å²) in [5.74, 6) is -0.331. The molecule has 7 nitrogen and oxygen atoms in total. The molecule has 0 aliphatic heterocycles. The predicted molar refractivity (Wildman–Crippen MR) is 137 cm³/mol. The number of para-hydroxylation sites is 2. The summed E-state index contributed by atoms with van der Waals surface area (Å²) in [6, 6.07) is 20.6. The maximum atomic E-state index is 12.9. The molecule has 0 atom stereocenters. The van der Waals surface area contributed by atoms with E-state index in [0.717, 1.165) is 31.2 Å². The number of anilines is 2. The third kappa shape index (κ3) is 7.62. The van der Waals surface area contributed by atoms with Gasteiger partial charge < -0.3 is 21.3 Å². The minimum atomic E-state index is -0.331. The number of hydrogen-bond donors (Lipinski definition) is 3. The zero-order chi connectivity index (χ0) is 24.2. The molecule has 3 aromatic rings. The lowest BCUT2D eigenvalue weighted by molar-refractivity contribution is 0.102. The predicted octanol–water partition coefficient (Wildman–Crippen LogP) is 4.86. The van der Waals surface area contributed by atoms with E-state index in [1.165, 1.54) is 5.56 Å². The molecule has 0 spiro atoms. The van der Waals surface area contributed by atoms with Crippen LogP contribution in [0, 0.1) is 0 Å². The first-order valence-electron chi connectivity index (χ1n) is 11.7. The second kappa shape index (κ2) is 13.0. The van der Waals surface area contributed by atoms with Gasteiger partial charge in [-0.3, -0.25) is 9.78 Å². The van der Waals surface area contributed by atoms with Crippen LogP contribution in [0.2, 0.25) is 0 Å². The monoisotopic (exact) mass is 459 g/mol. The maximum absolute atomic E-state index is 12.9. The molecule has 7 heteroatoms. The van der Waals surface area contributed by atoms with Crippen molar-refractivity contribution in [3.8, 4) is 0 Å². The number of pyridine rings is 1. The van der Waals surface area contributed by atoms with Gasteiger partial charge in [-0.25, -0.2) is 4.79 Å². The van der Waals surface area contributed by atoms with E-state index in [0.29, 0.717) is 31.0 Å². The van der Waals surface area contributed by atoms with Crippen molar-refractivity contribution in [3.05, 3.63) is 89.7 Å². The van der Waals surface area contributed by atoms with Gasteiger partial charge in [-0.2, -0.15) is 0 Å². The van der Waals surface area contributed by atoms with Crippen molar-refractivity contribution < 1.29 is 9.59 Å². The molecule has 0 radical (unpaired) electrons. The van der Waals surface area contributed by atoms with Crippen LogP contribution in [-0.4, -0.2) is 34.9 Å². The lowest BCUT2D eigenvalue weighted by Crippen LogP contribution is -2.41. The number of rotatable bonds is 11. The highest BCUT2D eigenvalue weighted by Gasteiger charge is 2.15. The summed E-state index contributed by atoms with van der Waals surface area (Å²) >= 11 is 0. The van der Waals surface area contributed by atoms with Crippen molar-refractivity contribution >= 4 is 23.3 Å². The third-order valence-electron chi connectivity index (χ3n) is 5.49. The Bertz CT molecular complexity index is 1050. The lowest BCUT2D eigenvalue weighted by Gasteiger charge is -2.23. The van der Waals surface area contributed by atoms with Gasteiger partial charge in [-0.15, -0.1) is 0 Å². The van der Waals surface area contributed by atoms with Crippen LogP contribution in [0.1, 0.15) is 47.8 Å². The van der Waals surface area contributed by atoms with Gasteiger partial charge in [-0.05, 0) is 42.2 Å². The quantitative estimate of drug-likeness (QED) is 0.282. The fourth-order valence-electron chi connectivity index (χ4n) is 3.55. The summed E-state index contributed by atoms with van der Waals surface area (Å²) in [5.41, 5.74) is 9.28. The van der Waals surface area contributed by atoms with Gasteiger partial charge in [0, 0.05) is 25.8 Å². The van der Waals surface area contributed by atoms with Crippen LogP contribution in [0.4, 0.5) is 16.2 Å². The molecule has 0 saturated heterocycles. The summed E-state index contributed by atoms with van der Waals surface area (Å²) in [6.07, 6.45) is 5.52. The molecular formula is C27H33N5O2. The van der Waals surface area contributed by atoms with Gasteiger partial charge in [0.2, 0.25) is 0 Å². The Morgan fingerprint density at radius 1 is 0.941 bits per heavy atom. The average molecular weight is 460 g/mol. The number of nitrogen functional groups attached to an aromatic ring is 1. The van der Waals surface area contributed by atoms with Crippen molar-refractivity contribution in [2.45, 2.75) is 39.2 Å². The number of nitrogens with zero attached hydrogens (tertiary/aromatic N) is 2. The Morgan fingerprint density at radius 2 is 1.71 bits per heavy atom. The lowest BCUT2D eigenvalue weighted by atomic mass is 10.1. The molecule has 0 aliphatic rings. The third-order valence-corrected chi connectivity index (χ3v) is 5.49. The van der Waals surface area contributed by atoms with E-state index in [-0.39, 0.29) is 17.6 Å². The number of urea groups is 1. The van der Waals surface area contributed by atoms with E-state index in [1.54, 1.807) is 30.5 Å². The Morgan fingerprint density at radius 3 is 2.41 bits per heavy atom. The first-order chi connectivity index (χ1) is 16.6. The van der Waals surface area contributed by atoms with Crippen LogP contribution in [0.25, 0.3) is 0 Å². The Hall–Kier alpha value is -3.87. The fraction of sp³-hybridized carbons (Fsp3) is 0.296. The van der Waals surface area contributed by atoms with Crippen LogP contribution in [0.5, 0.6) is 0 Å². The molecule has 3 amide bonds. The molecule has 0 unspecified atom stereocenters. The zero-order valence-electron chi connectivity index (χ0n) is 19.7. The number of benzene rings is 2. The molecule has 1 aromatic heterocycles. The smallest absolute Gasteiger partial charge is 0.317 e. The largest absolute Gasteiger partial charge is 0.397 e. The maximum Gasteiger partial charge on any atom is 0.317 e. The number of nitrogens with one attached hydrogen (secondary N) is 2. The first kappa shape index (κ1) is 24.8. The molecule has 0 fully saturated rings. The SMILES string of the molecule is CCCCCN(Cc1ccc(C(=O)Nc2ccccc2N)nc1)C(=O)NCCc1ccccc1. The number of amides is 3. The van der Waals surface area contributed by atoms with Crippen LogP contribution >= 0.6 is 0 Å². The van der Waals surface area contributed by atoms with E-state index in [1.807, 2.05) is 35.2 Å². The van der Waals surface area contributed by atoms with Crippen molar-refractivity contribution in [3.63, 3.8) is 0 Å². The minimum absolute atomic E-state index is 0.0894. The van der Waals surface area contributed by atoms with Gasteiger partial charge >= 0.3 is 6.03 Å². The first-order valence-corrected chi connectivity index (χ1v) is 11.7. The van der Waals surface area contributed by atoms with Crippen LogP contribution < -0.4 is 16.4 Å². The van der Waals surface area contributed by atoms with Crippen molar-refractivity contribution in [1.29, 1.82) is 0 Å². The van der Waals surface area contributed by atoms with E-state index in [4.69, 9.17) is 5.73 Å². The second-order valence-electron chi connectivity index (χ2n) is 8.19. The topological polar surface area (TPSA) is 100 Å². The zero-order valence-corrected chi connectivity index (χ0v) is 19.7. The normalized spacial score (nSPS) is 10.5. The van der Waals surface area contributed by atoms with Gasteiger partial charge in [-0.1, -0.05) is 68.3 Å². The summed E-state index contributed by atoms with van der Waals surface area (Å²) < 4.78 is 0. The Balaban J connectivity index is 1.58. The molecular weight excluding hydrogens is 426 g/mol. The number of carbonyl (C=O) groups is 2. The number of unbranched alkanes of at least 4 members (excludes halogenated alkanes) is 2. The second-order valence-corrected chi connectivity index (χ2v) is 8.19. The van der Waals surface area contributed by atoms with Crippen LogP contribution in [0.15, 0.2) is 72.9 Å². The van der Waals surface area contributed by atoms with Crippen molar-refractivity contribution in [2.24, 2.45) is 0 Å². The summed E-state index contributed by atoms with van der Waals surface area (Å²) in [4.78, 5) is 31.5. The van der Waals surface area contributed by atoms with Gasteiger partial charge in [0.05, 0.1) is 11.4 Å². The summed E-state index contributed by atoms with van der Waals surface area (Å²) in [5, 5.41) is 5.81. The fourth-order valence-corrected chi connectivity index (χ4v) is 3.55. The summed E-state index contributed by atoms with van der Waals surface area (Å²) in [7, 11) is 0. The highest BCUT2D eigenvalue weighted by Crippen LogP contribution is 2.17. The number of carbonyl (C=O) groups excluding carboxylic acids is 2. The van der Waals surface area contributed by atoms with Crippen molar-refractivity contribution in [1.82, 2.24) is 15.2 Å². The molecule has 178 valence electrons. The molecule has 2 aromatic carbocycles. The van der Waals surface area contributed by atoms with E-state index in [9.17, 15) is 9.59 Å². The van der Waals surface area contributed by atoms with Gasteiger partial charge in [0.15, 0.2) is 0 Å². The Kier molecular flexibility index (Phi) is 9.46.